The van der Waals surface area contributed by atoms with E-state index in [2.05, 4.69) is 203 Å². The summed E-state index contributed by atoms with van der Waals surface area (Å²) in [5.41, 5.74) is 16.1. The van der Waals surface area contributed by atoms with Gasteiger partial charge in [0.25, 0.3) is 0 Å². The molecule has 0 unspecified atom stereocenters. The average Bonchev–Trinajstić information content (AvgIpc) is 3.94. The second-order valence-electron chi connectivity index (χ2n) is 14.9. The minimum absolute atomic E-state index is 0.917. The van der Waals surface area contributed by atoms with Crippen LogP contribution >= 0.6 is 0 Å². The molecular formula is C54H34N2O. The van der Waals surface area contributed by atoms with Gasteiger partial charge in [-0.15, -0.1) is 0 Å². The van der Waals surface area contributed by atoms with Crippen LogP contribution in [0.15, 0.2) is 211 Å². The monoisotopic (exact) mass is 726 g/mol. The maximum Gasteiger partial charge on any atom is 0.135 e. The minimum atomic E-state index is 0.917. The van der Waals surface area contributed by atoms with Crippen molar-refractivity contribution in [1.29, 1.82) is 0 Å². The first kappa shape index (κ1) is 31.7. The fraction of sp³-hybridized carbons (Fsp3) is 0. The number of hydrogen-bond acceptors (Lipinski definition) is 1. The highest BCUT2D eigenvalue weighted by Crippen LogP contribution is 2.39. The Bertz CT molecular complexity index is 3490. The van der Waals surface area contributed by atoms with Gasteiger partial charge in [-0.3, -0.25) is 0 Å². The largest absolute Gasteiger partial charge is 0.456 e. The van der Waals surface area contributed by atoms with Gasteiger partial charge in [-0.05, 0) is 100 Å². The molecule has 0 aliphatic rings. The smallest absolute Gasteiger partial charge is 0.135 e. The second-order valence-corrected chi connectivity index (χ2v) is 14.9. The molecule has 0 spiro atoms. The zero-order valence-electron chi connectivity index (χ0n) is 30.9. The molecule has 3 nitrogen and oxygen atoms in total. The molecule has 12 rings (SSSR count). The van der Waals surface area contributed by atoms with Crippen LogP contribution in [-0.2, 0) is 0 Å². The lowest BCUT2D eigenvalue weighted by Gasteiger charge is -2.11. The van der Waals surface area contributed by atoms with Crippen molar-refractivity contribution >= 4 is 65.6 Å². The Morgan fingerprint density at radius 3 is 1.26 bits per heavy atom. The Morgan fingerprint density at radius 1 is 0.246 bits per heavy atom. The van der Waals surface area contributed by atoms with E-state index in [1.807, 2.05) is 12.1 Å². The summed E-state index contributed by atoms with van der Waals surface area (Å²) in [5.74, 6) is 0. The van der Waals surface area contributed by atoms with E-state index in [0.29, 0.717) is 0 Å². The highest BCUT2D eigenvalue weighted by atomic mass is 16.3. The van der Waals surface area contributed by atoms with Crippen LogP contribution < -0.4 is 0 Å². The molecule has 12 aromatic rings. The van der Waals surface area contributed by atoms with Gasteiger partial charge < -0.3 is 13.6 Å². The Morgan fingerprint density at radius 2 is 0.649 bits per heavy atom. The third kappa shape index (κ3) is 4.99. The van der Waals surface area contributed by atoms with Crippen molar-refractivity contribution in [2.75, 3.05) is 0 Å². The Kier molecular flexibility index (Phi) is 6.93. The van der Waals surface area contributed by atoms with Crippen molar-refractivity contribution in [2.45, 2.75) is 0 Å². The van der Waals surface area contributed by atoms with Gasteiger partial charge in [-0.1, -0.05) is 140 Å². The summed E-state index contributed by atoms with van der Waals surface area (Å²) >= 11 is 0. The number of rotatable bonds is 5. The first-order valence-corrected chi connectivity index (χ1v) is 19.5. The SMILES string of the molecule is c1ccc(-n2c3ccccc3c3ccc(-c4ccc5c6ccccc6n(-c6ccc(-c7ccc(-c8ccc9oc%10ccccc%10c9c8)cc7)cc6)c5c4)cc32)cc1. The van der Waals surface area contributed by atoms with Crippen LogP contribution in [0.3, 0.4) is 0 Å². The van der Waals surface area contributed by atoms with E-state index in [9.17, 15) is 0 Å². The summed E-state index contributed by atoms with van der Waals surface area (Å²) in [5, 5.41) is 7.31. The lowest BCUT2D eigenvalue weighted by atomic mass is 9.99. The summed E-state index contributed by atoms with van der Waals surface area (Å²) in [6, 6.07) is 74.6. The summed E-state index contributed by atoms with van der Waals surface area (Å²) in [7, 11) is 0. The zero-order valence-corrected chi connectivity index (χ0v) is 30.9. The predicted octanol–water partition coefficient (Wildman–Crippen LogP) is 14.8. The average molecular weight is 727 g/mol. The lowest BCUT2D eigenvalue weighted by molar-refractivity contribution is 0.669. The van der Waals surface area contributed by atoms with Crippen molar-refractivity contribution in [1.82, 2.24) is 9.13 Å². The third-order valence-electron chi connectivity index (χ3n) is 11.7. The maximum atomic E-state index is 6.07. The van der Waals surface area contributed by atoms with Gasteiger partial charge in [-0.2, -0.15) is 0 Å². The van der Waals surface area contributed by atoms with Crippen molar-refractivity contribution in [3.8, 4) is 44.8 Å². The highest BCUT2D eigenvalue weighted by molar-refractivity contribution is 6.12. The van der Waals surface area contributed by atoms with E-state index in [1.165, 1.54) is 77.0 Å². The van der Waals surface area contributed by atoms with E-state index >= 15 is 0 Å². The summed E-state index contributed by atoms with van der Waals surface area (Å²) in [4.78, 5) is 0. The van der Waals surface area contributed by atoms with E-state index in [0.717, 1.165) is 33.3 Å². The predicted molar refractivity (Wildman–Crippen MR) is 239 cm³/mol. The molecule has 3 aromatic heterocycles. The molecule has 266 valence electrons. The first-order chi connectivity index (χ1) is 28.2. The molecule has 0 saturated heterocycles. The van der Waals surface area contributed by atoms with E-state index < -0.39 is 0 Å². The molecule has 0 N–H and O–H groups in total. The summed E-state index contributed by atoms with van der Waals surface area (Å²) < 4.78 is 10.9. The van der Waals surface area contributed by atoms with E-state index in [1.54, 1.807) is 0 Å². The number of aromatic nitrogens is 2. The molecular weight excluding hydrogens is 693 g/mol. The number of fused-ring (bicyclic) bond motifs is 9. The van der Waals surface area contributed by atoms with Crippen LogP contribution in [0.5, 0.6) is 0 Å². The first-order valence-electron chi connectivity index (χ1n) is 19.5. The standard InChI is InChI=1S/C54H34N2O/c1-2-10-41(11-3-1)55-49-15-7-4-12-43(49)45-29-24-39(33-51(45)55)40-25-30-46-44-13-5-8-16-50(44)56(52(46)34-40)42-27-22-36(23-28-42)35-18-20-37(21-19-35)38-26-31-54-48(32-38)47-14-6-9-17-53(47)57-54/h1-34H. The fourth-order valence-corrected chi connectivity index (χ4v) is 9.00. The van der Waals surface area contributed by atoms with Gasteiger partial charge in [0.15, 0.2) is 0 Å². The zero-order chi connectivity index (χ0) is 37.5. The normalized spacial score (nSPS) is 11.9. The number of hydrogen-bond donors (Lipinski definition) is 0. The Balaban J connectivity index is 0.924. The fourth-order valence-electron chi connectivity index (χ4n) is 9.00. The van der Waals surface area contributed by atoms with E-state index in [4.69, 9.17) is 4.42 Å². The van der Waals surface area contributed by atoms with Gasteiger partial charge in [0, 0.05) is 43.7 Å². The molecule has 0 fully saturated rings. The van der Waals surface area contributed by atoms with Crippen LogP contribution in [-0.4, -0.2) is 9.13 Å². The van der Waals surface area contributed by atoms with Crippen LogP contribution in [0.25, 0.3) is 110 Å². The topological polar surface area (TPSA) is 23.0 Å². The quantitative estimate of drug-likeness (QED) is 0.173. The molecule has 0 amide bonds. The van der Waals surface area contributed by atoms with Gasteiger partial charge in [0.2, 0.25) is 0 Å². The molecule has 0 atom stereocenters. The molecule has 3 heterocycles. The van der Waals surface area contributed by atoms with Crippen LogP contribution in [0.1, 0.15) is 0 Å². The molecule has 0 bridgehead atoms. The van der Waals surface area contributed by atoms with Crippen molar-refractivity contribution in [3.05, 3.63) is 206 Å². The second kappa shape index (κ2) is 12.5. The Labute approximate surface area is 328 Å². The lowest BCUT2D eigenvalue weighted by Crippen LogP contribution is -1.94. The number of para-hydroxylation sites is 4. The number of benzene rings is 9. The molecule has 9 aromatic carbocycles. The van der Waals surface area contributed by atoms with Gasteiger partial charge >= 0.3 is 0 Å². The Hall–Kier alpha value is -7.62. The van der Waals surface area contributed by atoms with Crippen LogP contribution in [0.4, 0.5) is 0 Å². The van der Waals surface area contributed by atoms with Gasteiger partial charge in [-0.25, -0.2) is 0 Å². The van der Waals surface area contributed by atoms with Gasteiger partial charge in [0.05, 0.1) is 22.1 Å². The van der Waals surface area contributed by atoms with Crippen LogP contribution in [0, 0.1) is 0 Å². The molecule has 0 aliphatic carbocycles. The summed E-state index contributed by atoms with van der Waals surface area (Å²) in [6.45, 7) is 0. The molecule has 57 heavy (non-hydrogen) atoms. The number of furan rings is 1. The highest BCUT2D eigenvalue weighted by Gasteiger charge is 2.16. The third-order valence-corrected chi connectivity index (χ3v) is 11.7. The maximum absolute atomic E-state index is 6.07. The van der Waals surface area contributed by atoms with Crippen molar-refractivity contribution in [2.24, 2.45) is 0 Å². The molecule has 3 heteroatoms. The van der Waals surface area contributed by atoms with Crippen molar-refractivity contribution < 1.29 is 4.42 Å². The van der Waals surface area contributed by atoms with Crippen molar-refractivity contribution in [3.63, 3.8) is 0 Å². The molecule has 0 saturated carbocycles. The summed E-state index contributed by atoms with van der Waals surface area (Å²) in [6.07, 6.45) is 0. The van der Waals surface area contributed by atoms with Crippen LogP contribution in [0.2, 0.25) is 0 Å². The molecule has 0 radical (unpaired) electrons. The minimum Gasteiger partial charge on any atom is -0.456 e. The van der Waals surface area contributed by atoms with E-state index in [-0.39, 0.29) is 0 Å². The molecule has 0 aliphatic heterocycles. The number of nitrogens with zero attached hydrogens (tertiary/aromatic N) is 2. The van der Waals surface area contributed by atoms with Gasteiger partial charge in [0.1, 0.15) is 11.2 Å².